The van der Waals surface area contributed by atoms with Crippen molar-refractivity contribution in [1.29, 1.82) is 0 Å². The number of nitrogens with one attached hydrogen (secondary N) is 2. The summed E-state index contributed by atoms with van der Waals surface area (Å²) in [5.41, 5.74) is 1.00. The SMILES string of the molecule is C/C(=N/N=C1\NC(=O)[C@@H](CC(=O)Nc2ccc(Cl)cc2Cl)S1)c1ccco1. The first-order chi connectivity index (χ1) is 12.9. The maximum Gasteiger partial charge on any atom is 0.240 e. The van der Waals surface area contributed by atoms with Crippen molar-refractivity contribution >= 4 is 63.3 Å². The zero-order chi connectivity index (χ0) is 19.4. The van der Waals surface area contributed by atoms with Crippen molar-refractivity contribution in [3.8, 4) is 0 Å². The first-order valence-electron chi connectivity index (χ1n) is 7.81. The molecular formula is C17H14Cl2N4O3S. The van der Waals surface area contributed by atoms with Crippen molar-refractivity contribution in [3.63, 3.8) is 0 Å². The summed E-state index contributed by atoms with van der Waals surface area (Å²) in [6.45, 7) is 1.74. The topological polar surface area (TPSA) is 96.1 Å². The molecule has 0 bridgehead atoms. The number of benzene rings is 1. The third-order valence-electron chi connectivity index (χ3n) is 3.52. The van der Waals surface area contributed by atoms with Crippen LogP contribution in [-0.2, 0) is 9.59 Å². The zero-order valence-corrected chi connectivity index (χ0v) is 16.4. The lowest BCUT2D eigenvalue weighted by molar-refractivity contribution is -0.122. The minimum Gasteiger partial charge on any atom is -0.463 e. The Hall–Kier alpha value is -2.29. The van der Waals surface area contributed by atoms with Gasteiger partial charge in [-0.1, -0.05) is 35.0 Å². The Balaban J connectivity index is 1.59. The molecule has 2 N–H and O–H groups in total. The Kier molecular flexibility index (Phi) is 6.20. The summed E-state index contributed by atoms with van der Waals surface area (Å²) < 4.78 is 5.21. The van der Waals surface area contributed by atoms with Crippen LogP contribution in [0.25, 0.3) is 0 Å². The number of carbonyl (C=O) groups excluding carboxylic acids is 2. The van der Waals surface area contributed by atoms with Gasteiger partial charge in [-0.05, 0) is 37.3 Å². The molecule has 1 aromatic heterocycles. The molecule has 1 aromatic carbocycles. The van der Waals surface area contributed by atoms with Crippen LogP contribution in [-0.4, -0.2) is 27.9 Å². The van der Waals surface area contributed by atoms with Crippen molar-refractivity contribution in [1.82, 2.24) is 5.32 Å². The van der Waals surface area contributed by atoms with Gasteiger partial charge in [0.25, 0.3) is 0 Å². The van der Waals surface area contributed by atoms with E-state index in [-0.39, 0.29) is 18.2 Å². The maximum atomic E-state index is 12.2. The molecule has 3 rings (SSSR count). The van der Waals surface area contributed by atoms with Gasteiger partial charge in [-0.25, -0.2) is 0 Å². The number of thioether (sulfide) groups is 1. The van der Waals surface area contributed by atoms with Crippen LogP contribution in [0.2, 0.25) is 10.0 Å². The molecule has 1 saturated heterocycles. The molecule has 27 heavy (non-hydrogen) atoms. The Morgan fingerprint density at radius 1 is 1.37 bits per heavy atom. The molecular weight excluding hydrogens is 411 g/mol. The second-order valence-electron chi connectivity index (χ2n) is 5.54. The summed E-state index contributed by atoms with van der Waals surface area (Å²) in [7, 11) is 0. The van der Waals surface area contributed by atoms with E-state index < -0.39 is 5.25 Å². The fraction of sp³-hybridized carbons (Fsp3) is 0.176. The number of furan rings is 1. The van der Waals surface area contributed by atoms with Crippen LogP contribution in [0.5, 0.6) is 0 Å². The smallest absolute Gasteiger partial charge is 0.240 e. The number of anilines is 1. The third kappa shape index (κ3) is 5.12. The second kappa shape index (κ2) is 8.60. The van der Waals surface area contributed by atoms with Gasteiger partial charge in [0, 0.05) is 11.4 Å². The van der Waals surface area contributed by atoms with E-state index in [1.165, 1.54) is 12.3 Å². The molecule has 0 spiro atoms. The Labute approximate surface area is 169 Å². The van der Waals surface area contributed by atoms with E-state index in [0.717, 1.165) is 11.8 Å². The molecule has 0 unspecified atom stereocenters. The van der Waals surface area contributed by atoms with Crippen LogP contribution in [0.4, 0.5) is 5.69 Å². The number of rotatable bonds is 5. The van der Waals surface area contributed by atoms with Crippen LogP contribution in [0, 0.1) is 0 Å². The number of amidine groups is 1. The Bertz CT molecular complexity index is 928. The van der Waals surface area contributed by atoms with Crippen molar-refractivity contribution in [2.75, 3.05) is 5.32 Å². The van der Waals surface area contributed by atoms with Gasteiger partial charge in [0.05, 0.1) is 17.0 Å². The number of nitrogens with zero attached hydrogens (tertiary/aromatic N) is 2. The van der Waals surface area contributed by atoms with Crippen molar-refractivity contribution in [3.05, 3.63) is 52.4 Å². The highest BCUT2D eigenvalue weighted by Gasteiger charge is 2.32. The van der Waals surface area contributed by atoms with Gasteiger partial charge in [-0.15, -0.1) is 10.2 Å². The van der Waals surface area contributed by atoms with Crippen LogP contribution in [0.3, 0.4) is 0 Å². The molecule has 7 nitrogen and oxygen atoms in total. The molecule has 0 radical (unpaired) electrons. The van der Waals surface area contributed by atoms with Gasteiger partial charge < -0.3 is 15.1 Å². The first kappa shape index (κ1) is 19.5. The average Bonchev–Trinajstić information content (AvgIpc) is 3.26. The number of amides is 2. The summed E-state index contributed by atoms with van der Waals surface area (Å²) in [6, 6.07) is 8.25. The van der Waals surface area contributed by atoms with E-state index in [1.54, 1.807) is 31.2 Å². The number of carbonyl (C=O) groups is 2. The van der Waals surface area contributed by atoms with Gasteiger partial charge in [0.1, 0.15) is 16.7 Å². The second-order valence-corrected chi connectivity index (χ2v) is 7.58. The number of halogens is 2. The van der Waals surface area contributed by atoms with E-state index in [4.69, 9.17) is 27.6 Å². The van der Waals surface area contributed by atoms with Gasteiger partial charge in [0.15, 0.2) is 5.17 Å². The average molecular weight is 425 g/mol. The molecule has 0 saturated carbocycles. The molecule has 1 fully saturated rings. The number of hydrogen-bond acceptors (Lipinski definition) is 6. The minimum atomic E-state index is -0.603. The molecule has 1 atom stereocenters. The maximum absolute atomic E-state index is 12.2. The van der Waals surface area contributed by atoms with E-state index in [0.29, 0.717) is 32.4 Å². The van der Waals surface area contributed by atoms with E-state index in [2.05, 4.69) is 20.8 Å². The highest BCUT2D eigenvalue weighted by atomic mass is 35.5. The standard InChI is InChI=1S/C17H14Cl2N4O3S/c1-9(13-3-2-6-26-13)22-23-17-21-16(25)14(27-17)8-15(24)20-12-5-4-10(18)7-11(12)19/h2-7,14H,8H2,1H3,(H,20,24)(H,21,23,25)/b22-9-/t14-/m1/s1. The van der Waals surface area contributed by atoms with Gasteiger partial charge in [-0.2, -0.15) is 0 Å². The first-order valence-corrected chi connectivity index (χ1v) is 9.44. The molecule has 2 heterocycles. The van der Waals surface area contributed by atoms with Gasteiger partial charge in [-0.3, -0.25) is 9.59 Å². The molecule has 1 aliphatic rings. The van der Waals surface area contributed by atoms with E-state index in [1.807, 2.05) is 0 Å². The summed E-state index contributed by atoms with van der Waals surface area (Å²) >= 11 is 13.0. The normalized spacial score (nSPS) is 18.6. The lowest BCUT2D eigenvalue weighted by atomic mass is 10.2. The van der Waals surface area contributed by atoms with Crippen LogP contribution < -0.4 is 10.6 Å². The predicted octanol–water partition coefficient (Wildman–Crippen LogP) is 3.93. The van der Waals surface area contributed by atoms with Crippen LogP contribution >= 0.6 is 35.0 Å². The summed E-state index contributed by atoms with van der Waals surface area (Å²) in [4.78, 5) is 24.3. The molecule has 10 heteroatoms. The van der Waals surface area contributed by atoms with Crippen molar-refractivity contribution < 1.29 is 14.0 Å². The molecule has 0 aliphatic carbocycles. The van der Waals surface area contributed by atoms with Crippen molar-refractivity contribution in [2.45, 2.75) is 18.6 Å². The molecule has 2 amide bonds. The highest BCUT2D eigenvalue weighted by molar-refractivity contribution is 8.15. The predicted molar refractivity (Wildman–Crippen MR) is 108 cm³/mol. The Morgan fingerprint density at radius 3 is 2.89 bits per heavy atom. The van der Waals surface area contributed by atoms with Gasteiger partial charge >= 0.3 is 0 Å². The van der Waals surface area contributed by atoms with Crippen LogP contribution in [0.1, 0.15) is 19.1 Å². The fourth-order valence-electron chi connectivity index (χ4n) is 2.20. The quantitative estimate of drug-likeness (QED) is 0.561. The molecule has 1 aliphatic heterocycles. The lowest BCUT2D eigenvalue weighted by Gasteiger charge is -2.09. The largest absolute Gasteiger partial charge is 0.463 e. The van der Waals surface area contributed by atoms with Gasteiger partial charge in [0.2, 0.25) is 11.8 Å². The number of hydrogen-bond donors (Lipinski definition) is 2. The van der Waals surface area contributed by atoms with Crippen molar-refractivity contribution in [2.24, 2.45) is 10.2 Å². The highest BCUT2D eigenvalue weighted by Crippen LogP contribution is 2.27. The summed E-state index contributed by atoms with van der Waals surface area (Å²) in [5.74, 6) is -0.0604. The van der Waals surface area contributed by atoms with E-state index in [9.17, 15) is 9.59 Å². The minimum absolute atomic E-state index is 0.0324. The Morgan fingerprint density at radius 2 is 2.19 bits per heavy atom. The molecule has 140 valence electrons. The lowest BCUT2D eigenvalue weighted by Crippen LogP contribution is -2.28. The summed E-state index contributed by atoms with van der Waals surface area (Å²) in [6.07, 6.45) is 1.50. The molecule has 2 aromatic rings. The third-order valence-corrected chi connectivity index (χ3v) is 5.14. The zero-order valence-electron chi connectivity index (χ0n) is 14.0. The van der Waals surface area contributed by atoms with Crippen LogP contribution in [0.15, 0.2) is 51.2 Å². The summed E-state index contributed by atoms with van der Waals surface area (Å²) in [5, 5.41) is 13.8. The monoisotopic (exact) mass is 424 g/mol. The van der Waals surface area contributed by atoms with E-state index >= 15 is 0 Å². The fourth-order valence-corrected chi connectivity index (χ4v) is 3.57.